The summed E-state index contributed by atoms with van der Waals surface area (Å²) >= 11 is 1.41. The van der Waals surface area contributed by atoms with Crippen LogP contribution in [0.4, 0.5) is 0 Å². The summed E-state index contributed by atoms with van der Waals surface area (Å²) in [6, 6.07) is 11.2. The number of benzene rings is 1. The lowest BCUT2D eigenvalue weighted by Gasteiger charge is -1.91. The first-order valence-electron chi connectivity index (χ1n) is 4.75. The lowest BCUT2D eigenvalue weighted by Crippen LogP contribution is -2.04. The second-order valence-electron chi connectivity index (χ2n) is 3.27. The van der Waals surface area contributed by atoms with Crippen LogP contribution in [0.25, 0.3) is 15.5 Å². The fourth-order valence-electron chi connectivity index (χ4n) is 1.43. The molecule has 4 nitrogen and oxygen atoms in total. The molecule has 0 aliphatic rings. The van der Waals surface area contributed by atoms with Crippen molar-refractivity contribution in [3.8, 4) is 10.6 Å². The molecular formula is C11H7N3OS. The number of hydrogen-bond acceptors (Lipinski definition) is 4. The molecule has 0 amide bonds. The fraction of sp³-hybridized carbons (Fsp3) is 0. The Morgan fingerprint density at radius 1 is 1.12 bits per heavy atom. The first-order valence-corrected chi connectivity index (χ1v) is 5.56. The standard InChI is InChI=1S/C11H7N3OS/c15-9-6-7-14-11(12-9)16-10(13-14)8-4-2-1-3-5-8/h1-7H. The Bertz CT molecular complexity index is 687. The Kier molecular flexibility index (Phi) is 2.04. The van der Waals surface area contributed by atoms with E-state index in [4.69, 9.17) is 0 Å². The molecule has 3 aromatic rings. The van der Waals surface area contributed by atoms with Crippen LogP contribution in [-0.2, 0) is 0 Å². The number of nitrogens with zero attached hydrogens (tertiary/aromatic N) is 3. The molecule has 1 aromatic carbocycles. The predicted octanol–water partition coefficient (Wildman–Crippen LogP) is 1.82. The first-order chi connectivity index (χ1) is 7.83. The van der Waals surface area contributed by atoms with Crippen molar-refractivity contribution in [1.82, 2.24) is 14.6 Å². The van der Waals surface area contributed by atoms with E-state index in [1.807, 2.05) is 30.3 Å². The van der Waals surface area contributed by atoms with Crippen LogP contribution < -0.4 is 5.56 Å². The highest BCUT2D eigenvalue weighted by Crippen LogP contribution is 2.23. The van der Waals surface area contributed by atoms with Gasteiger partial charge in [-0.2, -0.15) is 10.1 Å². The van der Waals surface area contributed by atoms with Gasteiger partial charge >= 0.3 is 0 Å². The van der Waals surface area contributed by atoms with Crippen molar-refractivity contribution in [3.63, 3.8) is 0 Å². The molecule has 0 unspecified atom stereocenters. The summed E-state index contributed by atoms with van der Waals surface area (Å²) in [4.78, 5) is 15.6. The van der Waals surface area contributed by atoms with E-state index in [0.717, 1.165) is 10.6 Å². The minimum absolute atomic E-state index is 0.233. The largest absolute Gasteiger partial charge is 0.273 e. The van der Waals surface area contributed by atoms with E-state index in [1.165, 1.54) is 17.4 Å². The van der Waals surface area contributed by atoms with Gasteiger partial charge in [0.25, 0.3) is 5.56 Å². The van der Waals surface area contributed by atoms with Gasteiger partial charge in [0.05, 0.1) is 0 Å². The molecule has 0 atom stereocenters. The summed E-state index contributed by atoms with van der Waals surface area (Å²) in [5, 5.41) is 5.22. The van der Waals surface area contributed by atoms with Gasteiger partial charge in [0.1, 0.15) is 5.01 Å². The SMILES string of the molecule is O=c1ccn2nc(-c3ccccc3)sc2n1. The highest BCUT2D eigenvalue weighted by molar-refractivity contribution is 7.19. The zero-order valence-corrected chi connectivity index (χ0v) is 9.02. The molecule has 0 bridgehead atoms. The van der Waals surface area contributed by atoms with Crippen LogP contribution in [-0.4, -0.2) is 14.6 Å². The third kappa shape index (κ3) is 1.51. The quantitative estimate of drug-likeness (QED) is 0.639. The molecule has 0 N–H and O–H groups in total. The maximum atomic E-state index is 11.1. The van der Waals surface area contributed by atoms with Gasteiger partial charge in [-0.15, -0.1) is 0 Å². The van der Waals surface area contributed by atoms with Gasteiger partial charge in [-0.3, -0.25) is 4.79 Å². The molecule has 0 saturated heterocycles. The summed E-state index contributed by atoms with van der Waals surface area (Å²) in [5.41, 5.74) is 0.800. The second kappa shape index (κ2) is 3.53. The van der Waals surface area contributed by atoms with Crippen LogP contribution in [0.3, 0.4) is 0 Å². The fourth-order valence-corrected chi connectivity index (χ4v) is 2.32. The van der Waals surface area contributed by atoms with Crippen molar-refractivity contribution in [2.75, 3.05) is 0 Å². The van der Waals surface area contributed by atoms with E-state index < -0.39 is 0 Å². The van der Waals surface area contributed by atoms with E-state index in [9.17, 15) is 4.79 Å². The van der Waals surface area contributed by atoms with Crippen molar-refractivity contribution in [1.29, 1.82) is 0 Å². The van der Waals surface area contributed by atoms with Crippen LogP contribution >= 0.6 is 11.3 Å². The molecule has 3 rings (SSSR count). The molecule has 16 heavy (non-hydrogen) atoms. The number of rotatable bonds is 1. The maximum absolute atomic E-state index is 11.1. The van der Waals surface area contributed by atoms with Crippen LogP contribution in [0, 0.1) is 0 Å². The molecule has 0 aliphatic carbocycles. The van der Waals surface area contributed by atoms with Crippen LogP contribution in [0.5, 0.6) is 0 Å². The molecular weight excluding hydrogens is 222 g/mol. The van der Waals surface area contributed by atoms with Gasteiger partial charge in [-0.1, -0.05) is 41.7 Å². The van der Waals surface area contributed by atoms with Crippen LogP contribution in [0.1, 0.15) is 0 Å². The van der Waals surface area contributed by atoms with Gasteiger partial charge in [0.2, 0.25) is 4.96 Å². The molecule has 0 radical (unpaired) electrons. The van der Waals surface area contributed by atoms with Crippen molar-refractivity contribution in [2.45, 2.75) is 0 Å². The van der Waals surface area contributed by atoms with E-state index in [2.05, 4.69) is 10.1 Å². The summed E-state index contributed by atoms with van der Waals surface area (Å²) < 4.78 is 1.62. The molecule has 78 valence electrons. The highest BCUT2D eigenvalue weighted by atomic mass is 32.1. The van der Waals surface area contributed by atoms with Crippen LogP contribution in [0.2, 0.25) is 0 Å². The summed E-state index contributed by atoms with van der Waals surface area (Å²) in [6.07, 6.45) is 1.63. The smallest absolute Gasteiger partial charge is 0.267 e. The Balaban J connectivity index is 2.23. The zero-order chi connectivity index (χ0) is 11.0. The molecule has 0 saturated carbocycles. The number of aromatic nitrogens is 3. The van der Waals surface area contributed by atoms with Crippen LogP contribution in [0.15, 0.2) is 47.4 Å². The number of hydrogen-bond donors (Lipinski definition) is 0. The summed E-state index contributed by atoms with van der Waals surface area (Å²) in [7, 11) is 0. The molecule has 5 heteroatoms. The summed E-state index contributed by atoms with van der Waals surface area (Å²) in [6.45, 7) is 0. The molecule has 0 aliphatic heterocycles. The second-order valence-corrected chi connectivity index (χ2v) is 4.22. The van der Waals surface area contributed by atoms with E-state index in [0.29, 0.717) is 4.96 Å². The van der Waals surface area contributed by atoms with Gasteiger partial charge in [0, 0.05) is 17.8 Å². The third-order valence-corrected chi connectivity index (χ3v) is 3.14. The molecule has 0 fully saturated rings. The van der Waals surface area contributed by atoms with E-state index >= 15 is 0 Å². The minimum atomic E-state index is -0.233. The van der Waals surface area contributed by atoms with Crippen molar-refractivity contribution < 1.29 is 0 Å². The lowest BCUT2D eigenvalue weighted by molar-refractivity contribution is 0.935. The Morgan fingerprint density at radius 2 is 1.94 bits per heavy atom. The van der Waals surface area contributed by atoms with Gasteiger partial charge in [-0.05, 0) is 0 Å². The summed E-state index contributed by atoms with van der Waals surface area (Å²) in [5.74, 6) is 0. The number of fused-ring (bicyclic) bond motifs is 1. The Morgan fingerprint density at radius 3 is 2.75 bits per heavy atom. The lowest BCUT2D eigenvalue weighted by atomic mass is 10.2. The monoisotopic (exact) mass is 229 g/mol. The van der Waals surface area contributed by atoms with Gasteiger partial charge in [0.15, 0.2) is 0 Å². The topological polar surface area (TPSA) is 47.3 Å². The predicted molar refractivity (Wildman–Crippen MR) is 62.6 cm³/mol. The Labute approximate surface area is 94.8 Å². The molecule has 2 aromatic heterocycles. The van der Waals surface area contributed by atoms with Crippen molar-refractivity contribution in [3.05, 3.63) is 52.9 Å². The average molecular weight is 229 g/mol. The normalized spacial score (nSPS) is 10.8. The molecule has 0 spiro atoms. The zero-order valence-electron chi connectivity index (χ0n) is 8.20. The van der Waals surface area contributed by atoms with Gasteiger partial charge < -0.3 is 0 Å². The van der Waals surface area contributed by atoms with Crippen molar-refractivity contribution >= 4 is 16.3 Å². The maximum Gasteiger partial charge on any atom is 0.273 e. The van der Waals surface area contributed by atoms with Gasteiger partial charge in [-0.25, -0.2) is 4.52 Å². The Hall–Kier alpha value is -2.01. The first kappa shape index (κ1) is 9.23. The average Bonchev–Trinajstić information content (AvgIpc) is 2.73. The minimum Gasteiger partial charge on any atom is -0.267 e. The van der Waals surface area contributed by atoms with E-state index in [-0.39, 0.29) is 5.56 Å². The highest BCUT2D eigenvalue weighted by Gasteiger charge is 2.05. The van der Waals surface area contributed by atoms with E-state index in [1.54, 1.807) is 10.7 Å². The van der Waals surface area contributed by atoms with Crippen molar-refractivity contribution in [2.24, 2.45) is 0 Å². The third-order valence-electron chi connectivity index (χ3n) is 2.17. The molecule has 2 heterocycles.